The monoisotopic (exact) mass is 298 g/mol. The molecule has 2 unspecified atom stereocenters. The minimum atomic E-state index is -0.756. The van der Waals surface area contributed by atoms with Gasteiger partial charge in [0.1, 0.15) is 0 Å². The van der Waals surface area contributed by atoms with Crippen molar-refractivity contribution in [3.05, 3.63) is 34.9 Å². The lowest BCUT2D eigenvalue weighted by molar-refractivity contribution is -0.122. The number of aliphatic hydroxyl groups excluding tert-OH is 1. The third kappa shape index (κ3) is 4.76. The van der Waals surface area contributed by atoms with Crippen LogP contribution in [0.1, 0.15) is 18.1 Å². The summed E-state index contributed by atoms with van der Waals surface area (Å²) in [5.41, 5.74) is 0.692. The molecule has 1 saturated heterocycles. The molecule has 1 aliphatic rings. The van der Waals surface area contributed by atoms with E-state index in [1.165, 1.54) is 0 Å². The first-order valence-electron chi connectivity index (χ1n) is 6.66. The standard InChI is InChI=1S/C14H19ClN2O3/c15-11-3-1-2-10(6-11)13(18)8-17-14(19)7-12-9-20-5-4-16-12/h1-3,6,12-13,16,18H,4-5,7-9H2,(H,17,19). The van der Waals surface area contributed by atoms with E-state index in [2.05, 4.69) is 10.6 Å². The molecule has 0 aliphatic carbocycles. The predicted molar refractivity (Wildman–Crippen MR) is 76.6 cm³/mol. The molecule has 1 aromatic carbocycles. The number of nitrogens with one attached hydrogen (secondary N) is 2. The maximum Gasteiger partial charge on any atom is 0.221 e. The normalized spacial score (nSPS) is 20.4. The van der Waals surface area contributed by atoms with Crippen molar-refractivity contribution in [3.8, 4) is 0 Å². The molecular weight excluding hydrogens is 280 g/mol. The van der Waals surface area contributed by atoms with E-state index in [1.54, 1.807) is 24.3 Å². The number of halogens is 1. The van der Waals surface area contributed by atoms with E-state index in [9.17, 15) is 9.90 Å². The van der Waals surface area contributed by atoms with Gasteiger partial charge in [0.25, 0.3) is 0 Å². The van der Waals surface area contributed by atoms with Crippen LogP contribution in [0.25, 0.3) is 0 Å². The van der Waals surface area contributed by atoms with E-state index in [0.717, 1.165) is 6.54 Å². The van der Waals surface area contributed by atoms with E-state index >= 15 is 0 Å². The number of rotatable bonds is 5. The molecule has 1 fully saturated rings. The van der Waals surface area contributed by atoms with Crippen molar-refractivity contribution in [2.45, 2.75) is 18.6 Å². The summed E-state index contributed by atoms with van der Waals surface area (Å²) < 4.78 is 5.28. The van der Waals surface area contributed by atoms with Gasteiger partial charge in [0.2, 0.25) is 5.91 Å². The molecule has 1 aromatic rings. The second kappa shape index (κ2) is 7.59. The highest BCUT2D eigenvalue weighted by atomic mass is 35.5. The van der Waals surface area contributed by atoms with Crippen LogP contribution in [0.3, 0.4) is 0 Å². The van der Waals surface area contributed by atoms with Gasteiger partial charge >= 0.3 is 0 Å². The second-order valence-corrected chi connectivity index (χ2v) is 5.24. The van der Waals surface area contributed by atoms with Gasteiger partial charge in [-0.3, -0.25) is 4.79 Å². The van der Waals surface area contributed by atoms with Gasteiger partial charge in [0, 0.05) is 30.6 Å². The van der Waals surface area contributed by atoms with Crippen molar-refractivity contribution in [3.63, 3.8) is 0 Å². The number of morpholine rings is 1. The van der Waals surface area contributed by atoms with Crippen LogP contribution in [0.5, 0.6) is 0 Å². The van der Waals surface area contributed by atoms with Crippen LogP contribution in [0.4, 0.5) is 0 Å². The maximum absolute atomic E-state index is 11.8. The molecule has 2 rings (SSSR count). The number of hydrogen-bond acceptors (Lipinski definition) is 4. The molecule has 1 amide bonds. The molecule has 0 spiro atoms. The Balaban J connectivity index is 1.75. The summed E-state index contributed by atoms with van der Waals surface area (Å²) in [6.07, 6.45) is -0.407. The number of aliphatic hydroxyl groups is 1. The Morgan fingerprint density at radius 2 is 2.45 bits per heavy atom. The van der Waals surface area contributed by atoms with E-state index in [-0.39, 0.29) is 18.5 Å². The number of carbonyl (C=O) groups is 1. The lowest BCUT2D eigenvalue weighted by atomic mass is 10.1. The third-order valence-corrected chi connectivity index (χ3v) is 3.39. The molecule has 1 aliphatic heterocycles. The van der Waals surface area contributed by atoms with Gasteiger partial charge in [-0.05, 0) is 17.7 Å². The molecule has 1 heterocycles. The van der Waals surface area contributed by atoms with Gasteiger partial charge in [0.15, 0.2) is 0 Å². The molecular formula is C14H19ClN2O3. The highest BCUT2D eigenvalue weighted by Gasteiger charge is 2.17. The molecule has 2 atom stereocenters. The molecule has 0 bridgehead atoms. The first-order valence-corrected chi connectivity index (χ1v) is 7.04. The molecule has 20 heavy (non-hydrogen) atoms. The number of carbonyl (C=O) groups excluding carboxylic acids is 1. The van der Waals surface area contributed by atoms with Crippen molar-refractivity contribution in [2.75, 3.05) is 26.3 Å². The SMILES string of the molecule is O=C(CC1COCCN1)NCC(O)c1cccc(Cl)c1. The first-order chi connectivity index (χ1) is 9.65. The highest BCUT2D eigenvalue weighted by Crippen LogP contribution is 2.17. The Hall–Kier alpha value is -1.14. The van der Waals surface area contributed by atoms with Crippen LogP contribution in [-0.4, -0.2) is 43.4 Å². The van der Waals surface area contributed by atoms with Crippen molar-refractivity contribution >= 4 is 17.5 Å². The van der Waals surface area contributed by atoms with E-state index in [4.69, 9.17) is 16.3 Å². The second-order valence-electron chi connectivity index (χ2n) is 4.80. The Kier molecular flexibility index (Phi) is 5.79. The van der Waals surface area contributed by atoms with E-state index in [1.807, 2.05) is 0 Å². The average molecular weight is 299 g/mol. The van der Waals surface area contributed by atoms with Gasteiger partial charge in [-0.2, -0.15) is 0 Å². The number of benzene rings is 1. The minimum absolute atomic E-state index is 0.0482. The van der Waals surface area contributed by atoms with Crippen LogP contribution in [0.15, 0.2) is 24.3 Å². The summed E-state index contributed by atoms with van der Waals surface area (Å²) in [6, 6.07) is 7.03. The van der Waals surface area contributed by atoms with Gasteiger partial charge in [0.05, 0.1) is 19.3 Å². The molecule has 6 heteroatoms. The molecule has 0 saturated carbocycles. The van der Waals surface area contributed by atoms with Crippen molar-refractivity contribution in [2.24, 2.45) is 0 Å². The lowest BCUT2D eigenvalue weighted by Crippen LogP contribution is -2.44. The van der Waals surface area contributed by atoms with Crippen LogP contribution in [0, 0.1) is 0 Å². The van der Waals surface area contributed by atoms with Gasteiger partial charge in [-0.1, -0.05) is 23.7 Å². The van der Waals surface area contributed by atoms with E-state index in [0.29, 0.717) is 30.2 Å². The first kappa shape index (κ1) is 15.3. The third-order valence-electron chi connectivity index (χ3n) is 3.16. The summed E-state index contributed by atoms with van der Waals surface area (Å²) in [5, 5.41) is 16.5. The number of hydrogen-bond donors (Lipinski definition) is 3. The quantitative estimate of drug-likeness (QED) is 0.754. The summed E-state index contributed by atoms with van der Waals surface area (Å²) in [6.45, 7) is 2.17. The van der Waals surface area contributed by atoms with Gasteiger partial charge < -0.3 is 20.5 Å². The van der Waals surface area contributed by atoms with E-state index < -0.39 is 6.10 Å². The largest absolute Gasteiger partial charge is 0.387 e. The van der Waals surface area contributed by atoms with Crippen LogP contribution >= 0.6 is 11.6 Å². The van der Waals surface area contributed by atoms with Crippen LogP contribution < -0.4 is 10.6 Å². The summed E-state index contributed by atoms with van der Waals surface area (Å²) in [5.74, 6) is -0.103. The van der Waals surface area contributed by atoms with Gasteiger partial charge in [-0.25, -0.2) is 0 Å². The molecule has 0 radical (unpaired) electrons. The van der Waals surface area contributed by atoms with Crippen molar-refractivity contribution < 1.29 is 14.6 Å². The topological polar surface area (TPSA) is 70.6 Å². The predicted octanol–water partition coefficient (Wildman–Crippen LogP) is 0.868. The Morgan fingerprint density at radius 1 is 1.60 bits per heavy atom. The lowest BCUT2D eigenvalue weighted by Gasteiger charge is -2.23. The van der Waals surface area contributed by atoms with Crippen molar-refractivity contribution in [1.82, 2.24) is 10.6 Å². The summed E-state index contributed by atoms with van der Waals surface area (Å²) in [4.78, 5) is 11.8. The zero-order valence-electron chi connectivity index (χ0n) is 11.1. The molecule has 0 aromatic heterocycles. The fourth-order valence-corrected chi connectivity index (χ4v) is 2.29. The Labute approximate surface area is 123 Å². The molecule has 3 N–H and O–H groups in total. The Bertz CT molecular complexity index is 450. The highest BCUT2D eigenvalue weighted by molar-refractivity contribution is 6.30. The van der Waals surface area contributed by atoms with Crippen molar-refractivity contribution in [1.29, 1.82) is 0 Å². The molecule has 5 nitrogen and oxygen atoms in total. The number of amides is 1. The zero-order valence-corrected chi connectivity index (χ0v) is 11.9. The summed E-state index contributed by atoms with van der Waals surface area (Å²) in [7, 11) is 0. The number of ether oxygens (including phenoxy) is 1. The smallest absolute Gasteiger partial charge is 0.221 e. The molecule has 110 valence electrons. The fraction of sp³-hybridized carbons (Fsp3) is 0.500. The van der Waals surface area contributed by atoms with Crippen LogP contribution in [0.2, 0.25) is 5.02 Å². The maximum atomic E-state index is 11.8. The summed E-state index contributed by atoms with van der Waals surface area (Å²) >= 11 is 5.86. The van der Waals surface area contributed by atoms with Gasteiger partial charge in [-0.15, -0.1) is 0 Å². The van der Waals surface area contributed by atoms with Crippen LogP contribution in [-0.2, 0) is 9.53 Å². The Morgan fingerprint density at radius 3 is 3.15 bits per heavy atom. The average Bonchev–Trinajstić information content (AvgIpc) is 2.46. The fourth-order valence-electron chi connectivity index (χ4n) is 2.09. The zero-order chi connectivity index (χ0) is 14.4. The minimum Gasteiger partial charge on any atom is -0.387 e.